The zero-order valence-corrected chi connectivity index (χ0v) is 19.1. The Morgan fingerprint density at radius 1 is 0.788 bits per heavy atom. The number of aryl methyl sites for hydroxylation is 1. The van der Waals surface area contributed by atoms with Crippen LogP contribution < -0.4 is 16.0 Å². The van der Waals surface area contributed by atoms with Crippen molar-refractivity contribution in [2.24, 2.45) is 5.92 Å². The average Bonchev–Trinajstić information content (AvgIpc) is 3.66. The van der Waals surface area contributed by atoms with Crippen molar-refractivity contribution in [2.75, 3.05) is 21.7 Å². The molecule has 6 nitrogen and oxygen atoms in total. The maximum absolute atomic E-state index is 12.9. The van der Waals surface area contributed by atoms with Crippen LogP contribution in [0.5, 0.6) is 0 Å². The molecule has 3 aromatic carbocycles. The summed E-state index contributed by atoms with van der Waals surface area (Å²) in [7, 11) is 0. The smallest absolute Gasteiger partial charge is 0.256 e. The van der Waals surface area contributed by atoms with E-state index in [1.54, 1.807) is 36.4 Å². The summed E-state index contributed by atoms with van der Waals surface area (Å²) in [4.78, 5) is 37.8. The van der Waals surface area contributed by atoms with Crippen LogP contribution in [0.1, 0.15) is 28.8 Å². The van der Waals surface area contributed by atoms with E-state index in [2.05, 4.69) is 16.0 Å². The third-order valence-electron chi connectivity index (χ3n) is 5.18. The van der Waals surface area contributed by atoms with Crippen LogP contribution in [0.15, 0.2) is 77.7 Å². The molecule has 3 aromatic rings. The second-order valence-corrected chi connectivity index (χ2v) is 9.01. The molecule has 7 heteroatoms. The van der Waals surface area contributed by atoms with Crippen LogP contribution in [0.2, 0.25) is 0 Å². The standard InChI is InChI=1S/C26H25N3O3S/c1-17-6-10-19(11-7-17)27-24(30)16-33-23-5-3-2-4-22(23)26(32)29-21-14-12-20(13-15-21)28-25(31)18-8-9-18/h2-7,10-15,18H,8-9,16H2,1H3,(H,27,30)(H,28,31)(H,29,32). The number of hydrogen-bond donors (Lipinski definition) is 3. The fraction of sp³-hybridized carbons (Fsp3) is 0.192. The molecule has 168 valence electrons. The molecule has 0 unspecified atom stereocenters. The van der Waals surface area contributed by atoms with Crippen LogP contribution in [0, 0.1) is 12.8 Å². The molecule has 1 saturated carbocycles. The molecule has 4 rings (SSSR count). The van der Waals surface area contributed by atoms with Crippen LogP contribution in [-0.2, 0) is 9.59 Å². The minimum atomic E-state index is -0.258. The van der Waals surface area contributed by atoms with Crippen LogP contribution in [-0.4, -0.2) is 23.5 Å². The second-order valence-electron chi connectivity index (χ2n) is 7.99. The highest BCUT2D eigenvalue weighted by Gasteiger charge is 2.29. The lowest BCUT2D eigenvalue weighted by atomic mass is 10.2. The highest BCUT2D eigenvalue weighted by molar-refractivity contribution is 8.00. The zero-order chi connectivity index (χ0) is 23.2. The van der Waals surface area contributed by atoms with Gasteiger partial charge < -0.3 is 16.0 Å². The third kappa shape index (κ3) is 6.46. The number of carbonyl (C=O) groups is 3. The summed E-state index contributed by atoms with van der Waals surface area (Å²) in [5.41, 5.74) is 3.70. The van der Waals surface area contributed by atoms with Gasteiger partial charge in [0.1, 0.15) is 0 Å². The van der Waals surface area contributed by atoms with Gasteiger partial charge >= 0.3 is 0 Å². The maximum atomic E-state index is 12.9. The summed E-state index contributed by atoms with van der Waals surface area (Å²) < 4.78 is 0. The molecule has 1 aliphatic carbocycles. The molecule has 0 heterocycles. The minimum Gasteiger partial charge on any atom is -0.326 e. The molecule has 1 fully saturated rings. The molecule has 0 aromatic heterocycles. The summed E-state index contributed by atoms with van der Waals surface area (Å²) >= 11 is 1.31. The van der Waals surface area contributed by atoms with Gasteiger partial charge in [-0.3, -0.25) is 14.4 Å². The molecule has 1 aliphatic rings. The SMILES string of the molecule is Cc1ccc(NC(=O)CSc2ccccc2C(=O)Nc2ccc(NC(=O)C3CC3)cc2)cc1. The number of nitrogens with one attached hydrogen (secondary N) is 3. The largest absolute Gasteiger partial charge is 0.326 e. The average molecular weight is 460 g/mol. The summed E-state index contributed by atoms with van der Waals surface area (Å²) in [5.74, 6) is -0.0238. The quantitative estimate of drug-likeness (QED) is 0.398. The van der Waals surface area contributed by atoms with Crippen molar-refractivity contribution in [2.45, 2.75) is 24.7 Å². The van der Waals surface area contributed by atoms with E-state index in [0.29, 0.717) is 16.9 Å². The van der Waals surface area contributed by atoms with E-state index < -0.39 is 0 Å². The fourth-order valence-electron chi connectivity index (χ4n) is 3.18. The molecular weight excluding hydrogens is 434 g/mol. The van der Waals surface area contributed by atoms with Gasteiger partial charge in [-0.05, 0) is 68.3 Å². The Balaban J connectivity index is 1.34. The van der Waals surface area contributed by atoms with Gasteiger partial charge in [-0.1, -0.05) is 29.8 Å². The molecule has 3 N–H and O–H groups in total. The van der Waals surface area contributed by atoms with Crippen molar-refractivity contribution in [1.29, 1.82) is 0 Å². The first-order valence-electron chi connectivity index (χ1n) is 10.8. The van der Waals surface area contributed by atoms with Gasteiger partial charge in [0, 0.05) is 27.9 Å². The predicted molar refractivity (Wildman–Crippen MR) is 133 cm³/mol. The third-order valence-corrected chi connectivity index (χ3v) is 6.26. The first kappa shape index (κ1) is 22.6. The molecule has 0 aliphatic heterocycles. The van der Waals surface area contributed by atoms with Gasteiger partial charge in [0.15, 0.2) is 0 Å². The lowest BCUT2D eigenvalue weighted by Crippen LogP contribution is -2.16. The lowest BCUT2D eigenvalue weighted by Gasteiger charge is -2.11. The first-order chi connectivity index (χ1) is 16.0. The fourth-order valence-corrected chi connectivity index (χ4v) is 4.03. The van der Waals surface area contributed by atoms with Crippen LogP contribution in [0.25, 0.3) is 0 Å². The second kappa shape index (κ2) is 10.4. The van der Waals surface area contributed by atoms with Gasteiger partial charge in [-0.2, -0.15) is 0 Å². The topological polar surface area (TPSA) is 87.3 Å². The number of hydrogen-bond acceptors (Lipinski definition) is 4. The molecule has 3 amide bonds. The van der Waals surface area contributed by atoms with Gasteiger partial charge in [0.25, 0.3) is 5.91 Å². The minimum absolute atomic E-state index is 0.0455. The zero-order valence-electron chi connectivity index (χ0n) is 18.3. The summed E-state index contributed by atoms with van der Waals surface area (Å²) in [6.07, 6.45) is 1.90. The number of amides is 3. The summed E-state index contributed by atoms with van der Waals surface area (Å²) in [6.45, 7) is 1.99. The monoisotopic (exact) mass is 459 g/mol. The van der Waals surface area contributed by atoms with E-state index in [1.807, 2.05) is 43.3 Å². The van der Waals surface area contributed by atoms with Crippen molar-refractivity contribution < 1.29 is 14.4 Å². The van der Waals surface area contributed by atoms with E-state index in [4.69, 9.17) is 0 Å². The van der Waals surface area contributed by atoms with E-state index in [1.165, 1.54) is 11.8 Å². The van der Waals surface area contributed by atoms with E-state index in [9.17, 15) is 14.4 Å². The summed E-state index contributed by atoms with van der Waals surface area (Å²) in [5, 5.41) is 8.63. The Morgan fingerprint density at radius 3 is 2.03 bits per heavy atom. The first-order valence-corrected chi connectivity index (χ1v) is 11.8. The molecule has 0 saturated heterocycles. The maximum Gasteiger partial charge on any atom is 0.256 e. The Morgan fingerprint density at radius 2 is 1.36 bits per heavy atom. The number of rotatable bonds is 8. The van der Waals surface area contributed by atoms with Crippen LogP contribution in [0.3, 0.4) is 0 Å². The van der Waals surface area contributed by atoms with Gasteiger partial charge in [0.2, 0.25) is 11.8 Å². The molecule has 0 radical (unpaired) electrons. The predicted octanol–water partition coefficient (Wildman–Crippen LogP) is 5.33. The highest BCUT2D eigenvalue weighted by Crippen LogP contribution is 2.30. The Labute approximate surface area is 197 Å². The molecular formula is C26H25N3O3S. The number of anilines is 3. The number of carbonyl (C=O) groups excluding carboxylic acids is 3. The highest BCUT2D eigenvalue weighted by atomic mass is 32.2. The molecule has 0 atom stereocenters. The molecule has 33 heavy (non-hydrogen) atoms. The van der Waals surface area contributed by atoms with Crippen molar-refractivity contribution in [3.63, 3.8) is 0 Å². The van der Waals surface area contributed by atoms with Gasteiger partial charge in [-0.25, -0.2) is 0 Å². The number of thioether (sulfide) groups is 1. The van der Waals surface area contributed by atoms with E-state index in [0.717, 1.165) is 29.0 Å². The van der Waals surface area contributed by atoms with Gasteiger partial charge in [0.05, 0.1) is 11.3 Å². The number of benzene rings is 3. The van der Waals surface area contributed by atoms with Crippen molar-refractivity contribution >= 4 is 46.5 Å². The normalized spacial score (nSPS) is 12.6. The van der Waals surface area contributed by atoms with E-state index >= 15 is 0 Å². The van der Waals surface area contributed by atoms with Crippen LogP contribution >= 0.6 is 11.8 Å². The Bertz CT molecular complexity index is 1160. The van der Waals surface area contributed by atoms with Crippen LogP contribution in [0.4, 0.5) is 17.1 Å². The van der Waals surface area contributed by atoms with Crippen molar-refractivity contribution in [1.82, 2.24) is 0 Å². The van der Waals surface area contributed by atoms with E-state index in [-0.39, 0.29) is 29.4 Å². The van der Waals surface area contributed by atoms with Gasteiger partial charge in [-0.15, -0.1) is 11.8 Å². The Kier molecular flexibility index (Phi) is 7.10. The van der Waals surface area contributed by atoms with Crippen molar-refractivity contribution in [3.05, 3.63) is 83.9 Å². The lowest BCUT2D eigenvalue weighted by molar-refractivity contribution is -0.117. The molecule has 0 spiro atoms. The molecule has 0 bridgehead atoms. The van der Waals surface area contributed by atoms with Crippen molar-refractivity contribution in [3.8, 4) is 0 Å². The Hall–Kier alpha value is -3.58. The summed E-state index contributed by atoms with van der Waals surface area (Å²) in [6, 6.07) is 21.9.